The first-order chi connectivity index (χ1) is 16.0. The summed E-state index contributed by atoms with van der Waals surface area (Å²) in [5.74, 6) is -0.129. The number of hydrogen-bond donors (Lipinski definition) is 1. The molecule has 0 bridgehead atoms. The van der Waals surface area contributed by atoms with Crippen molar-refractivity contribution in [3.05, 3.63) is 82.1 Å². The number of piperazine rings is 2. The molecule has 3 aromatic rings. The van der Waals surface area contributed by atoms with Gasteiger partial charge in [-0.2, -0.15) is 5.10 Å². The highest BCUT2D eigenvalue weighted by Crippen LogP contribution is 2.21. The maximum Gasteiger partial charge on any atom is 0.246 e. The molecule has 2 aliphatic rings. The standard InChI is InChI=1S/C24H23Cl2N5O2/c25-18-6-4-16(5-7-18)10-21-24(33)30-9-8-29(15-22(30)23(32)28-21)13-17-12-27-31(14-17)20-3-1-2-19(26)11-20/h1-7,11-12,14,21-22H,8-10,13,15H2,(H,28,32)/t21-,22+/m0/s1. The first-order valence-corrected chi connectivity index (χ1v) is 11.6. The highest BCUT2D eigenvalue weighted by molar-refractivity contribution is 6.30. The van der Waals surface area contributed by atoms with E-state index in [-0.39, 0.29) is 11.8 Å². The second-order valence-electron chi connectivity index (χ2n) is 8.45. The molecule has 0 aliphatic carbocycles. The van der Waals surface area contributed by atoms with Gasteiger partial charge in [0, 0.05) is 54.4 Å². The summed E-state index contributed by atoms with van der Waals surface area (Å²) in [6.07, 6.45) is 4.24. The van der Waals surface area contributed by atoms with E-state index in [1.807, 2.05) is 48.8 Å². The zero-order chi connectivity index (χ0) is 22.9. The minimum atomic E-state index is -0.544. The Hall–Kier alpha value is -2.87. The van der Waals surface area contributed by atoms with Gasteiger partial charge in [0.05, 0.1) is 11.9 Å². The summed E-state index contributed by atoms with van der Waals surface area (Å²) in [6.45, 7) is 2.37. The zero-order valence-electron chi connectivity index (χ0n) is 17.8. The Morgan fingerprint density at radius 2 is 1.82 bits per heavy atom. The van der Waals surface area contributed by atoms with Crippen molar-refractivity contribution in [1.29, 1.82) is 0 Å². The van der Waals surface area contributed by atoms with Crippen LogP contribution in [0.5, 0.6) is 0 Å². The molecular formula is C24H23Cl2N5O2. The number of rotatable bonds is 5. The van der Waals surface area contributed by atoms with Crippen molar-refractivity contribution in [2.45, 2.75) is 25.0 Å². The fourth-order valence-electron chi connectivity index (χ4n) is 4.46. The number of hydrogen-bond acceptors (Lipinski definition) is 4. The van der Waals surface area contributed by atoms with Gasteiger partial charge in [-0.05, 0) is 35.9 Å². The average Bonchev–Trinajstić information content (AvgIpc) is 3.27. The van der Waals surface area contributed by atoms with Crippen LogP contribution in [0.2, 0.25) is 10.0 Å². The Morgan fingerprint density at radius 1 is 1.00 bits per heavy atom. The molecule has 0 unspecified atom stereocenters. The lowest BCUT2D eigenvalue weighted by Crippen LogP contribution is -2.69. The summed E-state index contributed by atoms with van der Waals surface area (Å²) < 4.78 is 1.79. The molecule has 0 spiro atoms. The van der Waals surface area contributed by atoms with Crippen molar-refractivity contribution in [2.75, 3.05) is 19.6 Å². The van der Waals surface area contributed by atoms with Crippen molar-refractivity contribution < 1.29 is 9.59 Å². The molecule has 170 valence electrons. The average molecular weight is 484 g/mol. The molecule has 33 heavy (non-hydrogen) atoms. The smallest absolute Gasteiger partial charge is 0.246 e. The van der Waals surface area contributed by atoms with E-state index >= 15 is 0 Å². The van der Waals surface area contributed by atoms with Crippen molar-refractivity contribution in [3.63, 3.8) is 0 Å². The summed E-state index contributed by atoms with van der Waals surface area (Å²) >= 11 is 12.0. The topological polar surface area (TPSA) is 70.5 Å². The Bertz CT molecular complexity index is 1180. The van der Waals surface area contributed by atoms with Crippen molar-refractivity contribution >= 4 is 35.0 Å². The zero-order valence-corrected chi connectivity index (χ0v) is 19.3. The number of carbonyl (C=O) groups is 2. The lowest BCUT2D eigenvalue weighted by Gasteiger charge is -2.45. The Morgan fingerprint density at radius 3 is 2.61 bits per heavy atom. The molecule has 3 heterocycles. The number of fused-ring (bicyclic) bond motifs is 1. The normalized spacial score (nSPS) is 21.1. The summed E-state index contributed by atoms with van der Waals surface area (Å²) in [5.41, 5.74) is 2.89. The predicted octanol–water partition coefficient (Wildman–Crippen LogP) is 2.93. The first kappa shape index (κ1) is 21.9. The summed E-state index contributed by atoms with van der Waals surface area (Å²) in [6, 6.07) is 13.8. The largest absolute Gasteiger partial charge is 0.342 e. The van der Waals surface area contributed by atoms with Crippen molar-refractivity contribution in [2.24, 2.45) is 0 Å². The molecule has 2 fully saturated rings. The molecule has 2 atom stereocenters. The minimum Gasteiger partial charge on any atom is -0.342 e. The second-order valence-corrected chi connectivity index (χ2v) is 9.32. The molecule has 1 N–H and O–H groups in total. The molecule has 9 heteroatoms. The van der Waals surface area contributed by atoms with E-state index in [2.05, 4.69) is 15.3 Å². The lowest BCUT2D eigenvalue weighted by molar-refractivity contribution is -0.153. The van der Waals surface area contributed by atoms with E-state index in [0.29, 0.717) is 42.6 Å². The maximum atomic E-state index is 13.1. The van der Waals surface area contributed by atoms with Crippen molar-refractivity contribution in [3.8, 4) is 5.69 Å². The summed E-state index contributed by atoms with van der Waals surface area (Å²) in [4.78, 5) is 29.9. The fraction of sp³-hybridized carbons (Fsp3) is 0.292. The highest BCUT2D eigenvalue weighted by Gasteiger charge is 2.43. The van der Waals surface area contributed by atoms with Gasteiger partial charge >= 0.3 is 0 Å². The van der Waals surface area contributed by atoms with Gasteiger partial charge in [0.1, 0.15) is 12.1 Å². The van der Waals surface area contributed by atoms with E-state index in [0.717, 1.165) is 16.8 Å². The number of carbonyl (C=O) groups excluding carboxylic acids is 2. The Labute approximate surface area is 201 Å². The molecule has 2 aromatic carbocycles. The lowest BCUT2D eigenvalue weighted by atomic mass is 9.98. The van der Waals surface area contributed by atoms with E-state index in [9.17, 15) is 9.59 Å². The van der Waals surface area contributed by atoms with E-state index in [1.54, 1.807) is 21.7 Å². The number of benzene rings is 2. The Balaban J connectivity index is 1.22. The van der Waals surface area contributed by atoms with Crippen LogP contribution in [0, 0.1) is 0 Å². The summed E-state index contributed by atoms with van der Waals surface area (Å²) in [7, 11) is 0. The summed E-state index contributed by atoms with van der Waals surface area (Å²) in [5, 5.41) is 8.66. The number of amides is 2. The molecule has 1 aromatic heterocycles. The van der Waals surface area contributed by atoms with Gasteiger partial charge in [0.2, 0.25) is 11.8 Å². The molecule has 0 saturated carbocycles. The molecule has 2 saturated heterocycles. The highest BCUT2D eigenvalue weighted by atomic mass is 35.5. The third-order valence-electron chi connectivity index (χ3n) is 6.13. The molecule has 2 aliphatic heterocycles. The van der Waals surface area contributed by atoms with E-state index < -0.39 is 12.1 Å². The number of halogens is 2. The van der Waals surface area contributed by atoms with Gasteiger partial charge in [0.25, 0.3) is 0 Å². The number of aromatic nitrogens is 2. The second kappa shape index (κ2) is 9.17. The first-order valence-electron chi connectivity index (χ1n) is 10.8. The van der Waals surface area contributed by atoms with Gasteiger partial charge < -0.3 is 10.2 Å². The van der Waals surface area contributed by atoms with Gasteiger partial charge in [-0.1, -0.05) is 41.4 Å². The quantitative estimate of drug-likeness (QED) is 0.605. The molecule has 5 rings (SSSR count). The molecule has 0 radical (unpaired) electrons. The number of nitrogens with one attached hydrogen (secondary N) is 1. The monoisotopic (exact) mass is 483 g/mol. The van der Waals surface area contributed by atoms with Crippen LogP contribution in [0.25, 0.3) is 5.69 Å². The maximum absolute atomic E-state index is 13.1. The number of nitrogens with zero attached hydrogens (tertiary/aromatic N) is 4. The van der Waals surface area contributed by atoms with Gasteiger partial charge in [-0.15, -0.1) is 0 Å². The van der Waals surface area contributed by atoms with Crippen LogP contribution in [0.4, 0.5) is 0 Å². The molecular weight excluding hydrogens is 461 g/mol. The Kier molecular flexibility index (Phi) is 6.10. The van der Waals surface area contributed by atoms with Crippen LogP contribution in [0.3, 0.4) is 0 Å². The van der Waals surface area contributed by atoms with Crippen molar-refractivity contribution in [1.82, 2.24) is 24.9 Å². The van der Waals surface area contributed by atoms with Crippen LogP contribution in [0.15, 0.2) is 60.9 Å². The van der Waals surface area contributed by atoms with Crippen LogP contribution >= 0.6 is 23.2 Å². The third kappa shape index (κ3) is 4.76. The SMILES string of the molecule is O=C1N[C@@H](Cc2ccc(Cl)cc2)C(=O)N2CCN(Cc3cnn(-c4cccc(Cl)c4)c3)C[C@H]12. The van der Waals surface area contributed by atoms with Gasteiger partial charge in [0.15, 0.2) is 0 Å². The van der Waals surface area contributed by atoms with E-state index in [1.165, 1.54) is 0 Å². The van der Waals surface area contributed by atoms with Crippen LogP contribution in [-0.2, 0) is 22.6 Å². The predicted molar refractivity (Wildman–Crippen MR) is 126 cm³/mol. The third-order valence-corrected chi connectivity index (χ3v) is 6.62. The fourth-order valence-corrected chi connectivity index (χ4v) is 4.77. The van der Waals surface area contributed by atoms with Gasteiger partial charge in [-0.3, -0.25) is 14.5 Å². The minimum absolute atomic E-state index is 0.0250. The van der Waals surface area contributed by atoms with E-state index in [4.69, 9.17) is 23.2 Å². The van der Waals surface area contributed by atoms with Crippen LogP contribution in [-0.4, -0.2) is 63.1 Å². The van der Waals surface area contributed by atoms with Crippen LogP contribution in [0.1, 0.15) is 11.1 Å². The molecule has 2 amide bonds. The molecule has 7 nitrogen and oxygen atoms in total. The van der Waals surface area contributed by atoms with Gasteiger partial charge in [-0.25, -0.2) is 4.68 Å². The van der Waals surface area contributed by atoms with Crippen LogP contribution < -0.4 is 5.32 Å².